The maximum Gasteiger partial charge on any atom is 0.107 e. The SMILES string of the molecule is CC(C)(C)c1csc(CNC(CO)(CO)CO)n1. The lowest BCUT2D eigenvalue weighted by Gasteiger charge is -2.28. The van der Waals surface area contributed by atoms with Gasteiger partial charge in [0.2, 0.25) is 0 Å². The zero-order chi connectivity index (χ0) is 13.8. The highest BCUT2D eigenvalue weighted by molar-refractivity contribution is 7.09. The zero-order valence-corrected chi connectivity index (χ0v) is 11.9. The minimum atomic E-state index is -1.05. The molecular formula is C12H22N2O3S. The lowest BCUT2D eigenvalue weighted by Crippen LogP contribution is -2.54. The summed E-state index contributed by atoms with van der Waals surface area (Å²) < 4.78 is 0. The number of aliphatic hydroxyl groups is 3. The van der Waals surface area contributed by atoms with Crippen LogP contribution in [0.5, 0.6) is 0 Å². The summed E-state index contributed by atoms with van der Waals surface area (Å²) in [4.78, 5) is 4.50. The summed E-state index contributed by atoms with van der Waals surface area (Å²) in [6, 6.07) is 0. The van der Waals surface area contributed by atoms with E-state index in [0.717, 1.165) is 10.7 Å². The summed E-state index contributed by atoms with van der Waals surface area (Å²) in [7, 11) is 0. The largest absolute Gasteiger partial charge is 0.394 e. The Morgan fingerprint density at radius 2 is 1.72 bits per heavy atom. The van der Waals surface area contributed by atoms with Crippen molar-refractivity contribution in [1.82, 2.24) is 10.3 Å². The Labute approximate surface area is 112 Å². The third kappa shape index (κ3) is 3.73. The van der Waals surface area contributed by atoms with Crippen molar-refractivity contribution in [1.29, 1.82) is 0 Å². The molecular weight excluding hydrogens is 252 g/mol. The molecule has 1 rings (SSSR count). The fraction of sp³-hybridized carbons (Fsp3) is 0.750. The van der Waals surface area contributed by atoms with Crippen LogP contribution in [-0.2, 0) is 12.0 Å². The molecule has 0 spiro atoms. The van der Waals surface area contributed by atoms with Crippen LogP contribution in [0.3, 0.4) is 0 Å². The van der Waals surface area contributed by atoms with Crippen molar-refractivity contribution in [2.45, 2.75) is 38.3 Å². The van der Waals surface area contributed by atoms with E-state index in [-0.39, 0.29) is 25.2 Å². The summed E-state index contributed by atoms with van der Waals surface area (Å²) in [5, 5.41) is 33.4. The van der Waals surface area contributed by atoms with Gasteiger partial charge in [-0.2, -0.15) is 0 Å². The van der Waals surface area contributed by atoms with Crippen LogP contribution >= 0.6 is 11.3 Å². The first-order valence-electron chi connectivity index (χ1n) is 5.89. The van der Waals surface area contributed by atoms with E-state index in [4.69, 9.17) is 0 Å². The van der Waals surface area contributed by atoms with Crippen molar-refractivity contribution >= 4 is 11.3 Å². The molecule has 0 aliphatic rings. The molecule has 0 aliphatic carbocycles. The van der Waals surface area contributed by atoms with Gasteiger partial charge in [0.15, 0.2) is 0 Å². The van der Waals surface area contributed by atoms with Crippen molar-refractivity contribution in [3.63, 3.8) is 0 Å². The molecule has 0 aromatic carbocycles. The molecule has 0 radical (unpaired) electrons. The maximum atomic E-state index is 9.19. The van der Waals surface area contributed by atoms with Crippen LogP contribution in [0.15, 0.2) is 5.38 Å². The third-order valence-electron chi connectivity index (χ3n) is 2.84. The van der Waals surface area contributed by atoms with Gasteiger partial charge in [0, 0.05) is 17.3 Å². The molecule has 0 bridgehead atoms. The molecule has 4 N–H and O–H groups in total. The van der Waals surface area contributed by atoms with E-state index in [0.29, 0.717) is 6.54 Å². The van der Waals surface area contributed by atoms with Crippen LogP contribution in [0.1, 0.15) is 31.5 Å². The van der Waals surface area contributed by atoms with Crippen molar-refractivity contribution in [3.05, 3.63) is 16.1 Å². The Morgan fingerprint density at radius 3 is 2.11 bits per heavy atom. The number of aromatic nitrogens is 1. The molecule has 0 fully saturated rings. The van der Waals surface area contributed by atoms with Gasteiger partial charge in [0.05, 0.1) is 31.1 Å². The average molecular weight is 274 g/mol. The van der Waals surface area contributed by atoms with Crippen LogP contribution in [0, 0.1) is 0 Å². The van der Waals surface area contributed by atoms with E-state index in [1.807, 2.05) is 5.38 Å². The predicted octanol–water partition coefficient (Wildman–Crippen LogP) is 0.246. The Morgan fingerprint density at radius 1 is 1.17 bits per heavy atom. The van der Waals surface area contributed by atoms with Gasteiger partial charge < -0.3 is 15.3 Å². The Bertz CT molecular complexity index is 361. The highest BCUT2D eigenvalue weighted by Crippen LogP contribution is 2.24. The number of hydrogen-bond donors (Lipinski definition) is 4. The molecule has 0 saturated heterocycles. The molecule has 0 saturated carbocycles. The number of thiazole rings is 1. The van der Waals surface area contributed by atoms with E-state index in [1.54, 1.807) is 0 Å². The Kier molecular flexibility index (Phi) is 5.24. The molecule has 1 heterocycles. The van der Waals surface area contributed by atoms with Crippen LogP contribution in [0.4, 0.5) is 0 Å². The van der Waals surface area contributed by atoms with E-state index in [9.17, 15) is 15.3 Å². The number of rotatable bonds is 6. The van der Waals surface area contributed by atoms with Crippen molar-refractivity contribution in [2.24, 2.45) is 0 Å². The fourth-order valence-corrected chi connectivity index (χ4v) is 2.28. The fourth-order valence-electron chi connectivity index (χ4n) is 1.32. The second-order valence-electron chi connectivity index (χ2n) is 5.48. The summed E-state index contributed by atoms with van der Waals surface area (Å²) in [5.74, 6) is 0. The Hall–Kier alpha value is -0.530. The number of nitrogens with zero attached hydrogens (tertiary/aromatic N) is 1. The first kappa shape index (κ1) is 15.5. The van der Waals surface area contributed by atoms with E-state index in [2.05, 4.69) is 31.1 Å². The van der Waals surface area contributed by atoms with E-state index >= 15 is 0 Å². The topological polar surface area (TPSA) is 85.6 Å². The minimum Gasteiger partial charge on any atom is -0.394 e. The van der Waals surface area contributed by atoms with Crippen molar-refractivity contribution in [3.8, 4) is 0 Å². The first-order valence-corrected chi connectivity index (χ1v) is 6.77. The Balaban J connectivity index is 2.66. The quantitative estimate of drug-likeness (QED) is 0.597. The van der Waals surface area contributed by atoms with Gasteiger partial charge in [-0.05, 0) is 0 Å². The molecule has 1 aromatic heterocycles. The van der Waals surface area contributed by atoms with Crippen LogP contribution in [0.2, 0.25) is 0 Å². The van der Waals surface area contributed by atoms with Gasteiger partial charge in [-0.1, -0.05) is 20.8 Å². The van der Waals surface area contributed by atoms with Gasteiger partial charge in [-0.25, -0.2) is 4.98 Å². The average Bonchev–Trinajstić information content (AvgIpc) is 2.80. The van der Waals surface area contributed by atoms with E-state index < -0.39 is 5.54 Å². The van der Waals surface area contributed by atoms with Crippen LogP contribution < -0.4 is 5.32 Å². The molecule has 6 heteroatoms. The van der Waals surface area contributed by atoms with Crippen LogP contribution in [0.25, 0.3) is 0 Å². The normalized spacial score (nSPS) is 13.0. The van der Waals surface area contributed by atoms with Gasteiger partial charge in [0.25, 0.3) is 0 Å². The molecule has 0 aliphatic heterocycles. The van der Waals surface area contributed by atoms with Gasteiger partial charge in [-0.3, -0.25) is 5.32 Å². The second-order valence-corrected chi connectivity index (χ2v) is 6.43. The van der Waals surface area contributed by atoms with Crippen LogP contribution in [-0.4, -0.2) is 45.7 Å². The molecule has 1 aromatic rings. The molecule has 0 atom stereocenters. The number of aliphatic hydroxyl groups excluding tert-OH is 3. The summed E-state index contributed by atoms with van der Waals surface area (Å²) in [6.45, 7) is 5.74. The molecule has 5 nitrogen and oxygen atoms in total. The molecule has 18 heavy (non-hydrogen) atoms. The highest BCUT2D eigenvalue weighted by atomic mass is 32.1. The highest BCUT2D eigenvalue weighted by Gasteiger charge is 2.27. The van der Waals surface area contributed by atoms with Gasteiger partial charge >= 0.3 is 0 Å². The lowest BCUT2D eigenvalue weighted by atomic mass is 9.93. The molecule has 0 unspecified atom stereocenters. The number of hydrogen-bond acceptors (Lipinski definition) is 6. The summed E-state index contributed by atoms with van der Waals surface area (Å²) in [6.07, 6.45) is 0. The van der Waals surface area contributed by atoms with Gasteiger partial charge in [-0.15, -0.1) is 11.3 Å². The molecule has 0 amide bonds. The second kappa shape index (κ2) is 6.08. The zero-order valence-electron chi connectivity index (χ0n) is 11.1. The van der Waals surface area contributed by atoms with E-state index in [1.165, 1.54) is 11.3 Å². The monoisotopic (exact) mass is 274 g/mol. The number of nitrogens with one attached hydrogen (secondary N) is 1. The molecule has 104 valence electrons. The first-order chi connectivity index (χ1) is 8.37. The van der Waals surface area contributed by atoms with Crippen molar-refractivity contribution in [2.75, 3.05) is 19.8 Å². The third-order valence-corrected chi connectivity index (χ3v) is 3.69. The van der Waals surface area contributed by atoms with Gasteiger partial charge in [0.1, 0.15) is 5.01 Å². The summed E-state index contributed by atoms with van der Waals surface area (Å²) in [5.41, 5.74) is -0.0171. The smallest absolute Gasteiger partial charge is 0.107 e. The van der Waals surface area contributed by atoms with Crippen molar-refractivity contribution < 1.29 is 15.3 Å². The minimum absolute atomic E-state index is 0.0107. The summed E-state index contributed by atoms with van der Waals surface area (Å²) >= 11 is 1.53. The standard InChI is InChI=1S/C12H22N2O3S/c1-11(2,3)9-5-18-10(14-9)4-13-12(6-15,7-16)8-17/h5,13,15-17H,4,6-8H2,1-3H3. The lowest BCUT2D eigenvalue weighted by molar-refractivity contribution is 0.0413. The maximum absolute atomic E-state index is 9.19. The predicted molar refractivity (Wildman–Crippen MR) is 71.6 cm³/mol.